The van der Waals surface area contributed by atoms with E-state index in [1.165, 1.54) is 4.57 Å². The fourth-order valence-electron chi connectivity index (χ4n) is 2.79. The predicted octanol–water partition coefficient (Wildman–Crippen LogP) is -0.691. The number of morpholine rings is 1. The van der Waals surface area contributed by atoms with Gasteiger partial charge in [-0.2, -0.15) is 0 Å². The second-order valence-electron chi connectivity index (χ2n) is 5.63. The summed E-state index contributed by atoms with van der Waals surface area (Å²) in [6, 6.07) is 0.0625. The van der Waals surface area contributed by atoms with E-state index in [-0.39, 0.29) is 17.5 Å². The average Bonchev–Trinajstić information content (AvgIpc) is 2.90. The third-order valence-corrected chi connectivity index (χ3v) is 4.16. The Morgan fingerprint density at radius 1 is 1.48 bits per heavy atom. The minimum atomic E-state index is -0.0491. The Bertz CT molecular complexity index is 619. The van der Waals surface area contributed by atoms with Crippen LogP contribution >= 0.6 is 0 Å². The highest BCUT2D eigenvalue weighted by Crippen LogP contribution is 2.19. The third kappa shape index (κ3) is 2.71. The van der Waals surface area contributed by atoms with Crippen LogP contribution in [0, 0.1) is 6.92 Å². The molecule has 3 rings (SSSR count). The topological polar surface area (TPSA) is 76.5 Å². The number of ether oxygens (including phenoxy) is 1. The van der Waals surface area contributed by atoms with Crippen molar-refractivity contribution in [1.82, 2.24) is 19.8 Å². The summed E-state index contributed by atoms with van der Waals surface area (Å²) in [5.74, 6) is 0.714. The van der Waals surface area contributed by atoms with Crippen LogP contribution in [-0.4, -0.2) is 46.2 Å². The zero-order chi connectivity index (χ0) is 15.0. The van der Waals surface area contributed by atoms with Crippen LogP contribution in [0.1, 0.15) is 23.5 Å². The van der Waals surface area contributed by atoms with Crippen molar-refractivity contribution in [3.05, 3.63) is 27.4 Å². The summed E-state index contributed by atoms with van der Waals surface area (Å²) in [7, 11) is 1.71. The number of aryl methyl sites for hydroxylation is 1. The summed E-state index contributed by atoms with van der Waals surface area (Å²) in [6.45, 7) is 4.63. The molecule has 7 nitrogen and oxygen atoms in total. The second-order valence-corrected chi connectivity index (χ2v) is 5.63. The van der Waals surface area contributed by atoms with Gasteiger partial charge < -0.3 is 15.0 Å². The van der Waals surface area contributed by atoms with E-state index in [4.69, 9.17) is 4.74 Å². The zero-order valence-corrected chi connectivity index (χ0v) is 12.4. The van der Waals surface area contributed by atoms with Crippen molar-refractivity contribution in [3.8, 4) is 0 Å². The fraction of sp³-hybridized carbons (Fsp3) is 0.643. The quantitative estimate of drug-likeness (QED) is 0.781. The number of fused-ring (bicyclic) bond motifs is 1. The Hall–Kier alpha value is -1.73. The summed E-state index contributed by atoms with van der Waals surface area (Å²) in [5, 5.41) is 3.27. The van der Waals surface area contributed by atoms with Crippen molar-refractivity contribution < 1.29 is 9.53 Å². The van der Waals surface area contributed by atoms with Crippen LogP contribution in [0.2, 0.25) is 0 Å². The lowest BCUT2D eigenvalue weighted by atomic mass is 10.2. The Kier molecular flexibility index (Phi) is 3.77. The molecule has 2 aliphatic heterocycles. The minimum absolute atomic E-state index is 0.0377. The first-order valence-electron chi connectivity index (χ1n) is 7.20. The van der Waals surface area contributed by atoms with Gasteiger partial charge in [-0.05, 0) is 6.92 Å². The Balaban J connectivity index is 1.71. The average molecular weight is 292 g/mol. The van der Waals surface area contributed by atoms with Crippen LogP contribution in [0.4, 0.5) is 0 Å². The molecule has 0 saturated carbocycles. The maximum absolute atomic E-state index is 12.4. The lowest BCUT2D eigenvalue weighted by Gasteiger charge is -2.25. The monoisotopic (exact) mass is 292 g/mol. The van der Waals surface area contributed by atoms with E-state index in [9.17, 15) is 9.59 Å². The normalized spacial score (nSPS) is 21.4. The number of rotatable bonds is 2. The second kappa shape index (κ2) is 5.57. The number of nitrogens with one attached hydrogen (secondary N) is 1. The Labute approximate surface area is 122 Å². The van der Waals surface area contributed by atoms with E-state index in [2.05, 4.69) is 10.3 Å². The first-order chi connectivity index (χ1) is 10.1. The van der Waals surface area contributed by atoms with E-state index in [1.54, 1.807) is 18.9 Å². The molecule has 0 radical (unpaired) electrons. The molecule has 1 aromatic heterocycles. The molecular weight excluding hydrogens is 272 g/mol. The molecular formula is C14H20N4O3. The lowest BCUT2D eigenvalue weighted by Crippen LogP contribution is -2.44. The van der Waals surface area contributed by atoms with E-state index < -0.39 is 0 Å². The summed E-state index contributed by atoms with van der Waals surface area (Å²) in [6.07, 6.45) is 0.396. The van der Waals surface area contributed by atoms with E-state index in [1.807, 2.05) is 0 Å². The lowest BCUT2D eigenvalue weighted by molar-refractivity contribution is -0.133. The van der Waals surface area contributed by atoms with Gasteiger partial charge in [-0.25, -0.2) is 4.98 Å². The molecule has 1 fully saturated rings. The van der Waals surface area contributed by atoms with Crippen molar-refractivity contribution in [2.24, 2.45) is 7.05 Å². The molecule has 0 unspecified atom stereocenters. The first kappa shape index (κ1) is 14.2. The highest BCUT2D eigenvalue weighted by molar-refractivity contribution is 5.77. The number of carbonyl (C=O) groups is 1. The van der Waals surface area contributed by atoms with Crippen LogP contribution in [0.25, 0.3) is 0 Å². The van der Waals surface area contributed by atoms with Gasteiger partial charge in [0.1, 0.15) is 5.82 Å². The molecule has 3 heterocycles. The van der Waals surface area contributed by atoms with Crippen molar-refractivity contribution in [2.45, 2.75) is 32.5 Å². The fourth-order valence-corrected chi connectivity index (χ4v) is 2.79. The highest BCUT2D eigenvalue weighted by Gasteiger charge is 2.29. The molecule has 21 heavy (non-hydrogen) atoms. The van der Waals surface area contributed by atoms with Gasteiger partial charge in [0, 0.05) is 26.1 Å². The van der Waals surface area contributed by atoms with Crippen LogP contribution in [0.5, 0.6) is 0 Å². The predicted molar refractivity (Wildman–Crippen MR) is 75.7 cm³/mol. The van der Waals surface area contributed by atoms with Gasteiger partial charge in [-0.15, -0.1) is 0 Å². The molecule has 0 aliphatic carbocycles. The Morgan fingerprint density at radius 2 is 2.29 bits per heavy atom. The maximum Gasteiger partial charge on any atom is 0.258 e. The number of hydrogen-bond acceptors (Lipinski definition) is 5. The molecule has 1 amide bonds. The zero-order valence-electron chi connectivity index (χ0n) is 12.4. The molecule has 1 N–H and O–H groups in total. The summed E-state index contributed by atoms with van der Waals surface area (Å²) in [4.78, 5) is 30.7. The molecule has 1 atom stereocenters. The molecule has 0 bridgehead atoms. The molecule has 114 valence electrons. The van der Waals surface area contributed by atoms with Gasteiger partial charge in [-0.3, -0.25) is 14.2 Å². The first-order valence-corrected chi connectivity index (χ1v) is 7.20. The van der Waals surface area contributed by atoms with Gasteiger partial charge in [-0.1, -0.05) is 0 Å². The molecule has 7 heteroatoms. The largest absolute Gasteiger partial charge is 0.378 e. The van der Waals surface area contributed by atoms with Gasteiger partial charge in [0.15, 0.2) is 0 Å². The number of amides is 1. The van der Waals surface area contributed by atoms with Crippen molar-refractivity contribution >= 4 is 5.91 Å². The van der Waals surface area contributed by atoms with Crippen LogP contribution < -0.4 is 10.9 Å². The maximum atomic E-state index is 12.4. The van der Waals surface area contributed by atoms with Gasteiger partial charge in [0.2, 0.25) is 5.91 Å². The number of aromatic nitrogens is 2. The van der Waals surface area contributed by atoms with Crippen LogP contribution in [0.15, 0.2) is 4.79 Å². The van der Waals surface area contributed by atoms with Crippen LogP contribution in [-0.2, 0) is 29.7 Å². The Morgan fingerprint density at radius 3 is 3.00 bits per heavy atom. The summed E-state index contributed by atoms with van der Waals surface area (Å²) < 4.78 is 6.89. The molecule has 0 aromatic carbocycles. The van der Waals surface area contributed by atoms with Crippen molar-refractivity contribution in [1.29, 1.82) is 0 Å². The van der Waals surface area contributed by atoms with Gasteiger partial charge in [0.05, 0.1) is 37.6 Å². The van der Waals surface area contributed by atoms with E-state index in [0.29, 0.717) is 44.1 Å². The SMILES string of the molecule is Cc1nc2c(c(=O)n1C)CN(C(=O)C[C@H]1COCCN1)C2. The van der Waals surface area contributed by atoms with Gasteiger partial charge in [0.25, 0.3) is 5.56 Å². The molecule has 1 aromatic rings. The number of hydrogen-bond donors (Lipinski definition) is 1. The van der Waals surface area contributed by atoms with Crippen LogP contribution in [0.3, 0.4) is 0 Å². The summed E-state index contributed by atoms with van der Waals surface area (Å²) in [5.41, 5.74) is 1.33. The van der Waals surface area contributed by atoms with Gasteiger partial charge >= 0.3 is 0 Å². The molecule has 0 spiro atoms. The number of nitrogens with zero attached hydrogens (tertiary/aromatic N) is 3. The molecule has 2 aliphatic rings. The minimum Gasteiger partial charge on any atom is -0.378 e. The van der Waals surface area contributed by atoms with E-state index in [0.717, 1.165) is 12.2 Å². The van der Waals surface area contributed by atoms with Crippen molar-refractivity contribution in [2.75, 3.05) is 19.8 Å². The highest BCUT2D eigenvalue weighted by atomic mass is 16.5. The molecule has 1 saturated heterocycles. The standard InChI is InChI=1S/C14H20N4O3/c1-9-16-12-7-18(6-11(12)14(20)17(9)2)13(19)5-10-8-21-4-3-15-10/h10,15H,3-8H2,1-2H3/t10-/m0/s1. The smallest absolute Gasteiger partial charge is 0.258 e. The number of carbonyl (C=O) groups excluding carboxylic acids is 1. The summed E-state index contributed by atoms with van der Waals surface area (Å²) >= 11 is 0. The van der Waals surface area contributed by atoms with E-state index >= 15 is 0 Å². The van der Waals surface area contributed by atoms with Crippen molar-refractivity contribution in [3.63, 3.8) is 0 Å². The third-order valence-electron chi connectivity index (χ3n) is 4.16.